The standard InChI is InChI=1S/C11H7BrIN2P/c12-7-2-3-8-6(5-7)1-4-9-10(8)15-11(14-9)16-13/h1-5,16H,(H,14,15). The van der Waals surface area contributed by atoms with E-state index < -0.39 is 0 Å². The van der Waals surface area contributed by atoms with Crippen LogP contribution in [0.2, 0.25) is 0 Å². The van der Waals surface area contributed by atoms with Crippen LogP contribution in [0.25, 0.3) is 21.8 Å². The van der Waals surface area contributed by atoms with E-state index in [2.05, 4.69) is 78.3 Å². The second-order valence-electron chi connectivity index (χ2n) is 3.51. The Morgan fingerprint density at radius 1 is 1.25 bits per heavy atom. The second-order valence-corrected chi connectivity index (χ2v) is 6.70. The van der Waals surface area contributed by atoms with Gasteiger partial charge in [-0.25, -0.2) is 4.98 Å². The van der Waals surface area contributed by atoms with Crippen LogP contribution in [0.15, 0.2) is 34.8 Å². The van der Waals surface area contributed by atoms with E-state index in [0.717, 1.165) is 21.1 Å². The Labute approximate surface area is 116 Å². The molecule has 0 saturated heterocycles. The first kappa shape index (κ1) is 10.9. The number of hydrogen-bond acceptors (Lipinski definition) is 1. The van der Waals surface area contributed by atoms with Crippen molar-refractivity contribution in [2.75, 3.05) is 0 Å². The molecule has 0 amide bonds. The highest BCUT2D eigenvalue weighted by Crippen LogP contribution is 2.27. The Morgan fingerprint density at radius 2 is 2.12 bits per heavy atom. The van der Waals surface area contributed by atoms with Gasteiger partial charge in [0.15, 0.2) is 0 Å². The molecule has 0 spiro atoms. The molecule has 0 fully saturated rings. The number of benzene rings is 2. The van der Waals surface area contributed by atoms with Crippen molar-refractivity contribution in [1.82, 2.24) is 9.97 Å². The van der Waals surface area contributed by atoms with E-state index in [0.29, 0.717) is 6.22 Å². The molecule has 1 aromatic heterocycles. The van der Waals surface area contributed by atoms with Crippen molar-refractivity contribution in [1.29, 1.82) is 0 Å². The minimum atomic E-state index is 0.676. The molecule has 0 bridgehead atoms. The van der Waals surface area contributed by atoms with Crippen molar-refractivity contribution in [3.63, 3.8) is 0 Å². The second kappa shape index (κ2) is 4.24. The maximum atomic E-state index is 4.62. The maximum Gasteiger partial charge on any atom is 0.137 e. The molecule has 0 saturated carbocycles. The van der Waals surface area contributed by atoms with Crippen LogP contribution in [-0.2, 0) is 0 Å². The van der Waals surface area contributed by atoms with Gasteiger partial charge in [0.25, 0.3) is 0 Å². The van der Waals surface area contributed by atoms with Crippen molar-refractivity contribution < 1.29 is 0 Å². The van der Waals surface area contributed by atoms with E-state index >= 15 is 0 Å². The summed E-state index contributed by atoms with van der Waals surface area (Å²) in [5, 5.41) is 2.43. The van der Waals surface area contributed by atoms with Gasteiger partial charge < -0.3 is 4.98 Å². The van der Waals surface area contributed by atoms with Crippen LogP contribution in [0.5, 0.6) is 0 Å². The Kier molecular flexibility index (Phi) is 2.90. The van der Waals surface area contributed by atoms with Crippen LogP contribution >= 0.6 is 44.2 Å². The lowest BCUT2D eigenvalue weighted by atomic mass is 10.1. The van der Waals surface area contributed by atoms with Crippen molar-refractivity contribution >= 4 is 71.6 Å². The Morgan fingerprint density at radius 3 is 2.94 bits per heavy atom. The fourth-order valence-electron chi connectivity index (χ4n) is 1.82. The molecule has 0 aliphatic rings. The van der Waals surface area contributed by atoms with Gasteiger partial charge in [0.05, 0.1) is 11.0 Å². The van der Waals surface area contributed by atoms with Gasteiger partial charge in [0.2, 0.25) is 0 Å². The monoisotopic (exact) mass is 404 g/mol. The Bertz CT molecular complexity index is 680. The molecule has 3 aromatic rings. The van der Waals surface area contributed by atoms with Gasteiger partial charge in [-0.1, -0.05) is 28.1 Å². The SMILES string of the molecule is Brc1ccc2c(ccc3[nH]c(PI)nc32)c1. The highest BCUT2D eigenvalue weighted by Gasteiger charge is 2.05. The summed E-state index contributed by atoms with van der Waals surface area (Å²) >= 11 is 5.83. The summed E-state index contributed by atoms with van der Waals surface area (Å²) in [6.07, 6.45) is 0.676. The minimum absolute atomic E-state index is 0.676. The molecule has 2 aromatic carbocycles. The molecule has 0 aliphatic carbocycles. The molecule has 0 aliphatic heterocycles. The number of rotatable bonds is 1. The van der Waals surface area contributed by atoms with E-state index in [-0.39, 0.29) is 0 Å². The molecule has 0 radical (unpaired) electrons. The lowest BCUT2D eigenvalue weighted by molar-refractivity contribution is 1.45. The summed E-state index contributed by atoms with van der Waals surface area (Å²) < 4.78 is 1.10. The van der Waals surface area contributed by atoms with Crippen LogP contribution in [-0.4, -0.2) is 9.97 Å². The molecule has 16 heavy (non-hydrogen) atoms. The third-order valence-corrected chi connectivity index (χ3v) is 4.96. The number of fused-ring (bicyclic) bond motifs is 3. The predicted octanol–water partition coefficient (Wildman–Crippen LogP) is 4.13. The van der Waals surface area contributed by atoms with E-state index in [9.17, 15) is 0 Å². The predicted molar refractivity (Wildman–Crippen MR) is 83.3 cm³/mol. The van der Waals surface area contributed by atoms with Crippen molar-refractivity contribution in [3.8, 4) is 0 Å². The molecule has 80 valence electrons. The van der Waals surface area contributed by atoms with Crippen LogP contribution in [0.1, 0.15) is 0 Å². The number of halogens is 2. The average Bonchev–Trinajstić information content (AvgIpc) is 2.71. The van der Waals surface area contributed by atoms with E-state index in [1.807, 2.05) is 0 Å². The molecular weight excluding hydrogens is 398 g/mol. The van der Waals surface area contributed by atoms with Gasteiger partial charge in [0, 0.05) is 16.1 Å². The lowest BCUT2D eigenvalue weighted by Crippen LogP contribution is -1.93. The third kappa shape index (κ3) is 1.77. The lowest BCUT2D eigenvalue weighted by Gasteiger charge is -1.98. The molecule has 1 heterocycles. The summed E-state index contributed by atoms with van der Waals surface area (Å²) in [7, 11) is 0. The smallest absolute Gasteiger partial charge is 0.137 e. The van der Waals surface area contributed by atoms with Crippen molar-refractivity contribution in [3.05, 3.63) is 34.8 Å². The summed E-state index contributed by atoms with van der Waals surface area (Å²) in [6, 6.07) is 10.5. The fraction of sp³-hybridized carbons (Fsp3) is 0. The fourth-order valence-corrected chi connectivity index (χ4v) is 3.30. The van der Waals surface area contributed by atoms with Gasteiger partial charge in [-0.3, -0.25) is 0 Å². The van der Waals surface area contributed by atoms with Gasteiger partial charge >= 0.3 is 0 Å². The average molecular weight is 405 g/mol. The third-order valence-electron chi connectivity index (χ3n) is 2.52. The number of imidazole rings is 1. The van der Waals surface area contributed by atoms with Crippen LogP contribution in [0, 0.1) is 0 Å². The first-order valence-electron chi connectivity index (χ1n) is 4.72. The molecule has 5 heteroatoms. The van der Waals surface area contributed by atoms with E-state index in [1.165, 1.54) is 10.8 Å². The van der Waals surface area contributed by atoms with Gasteiger partial charge in [-0.2, -0.15) is 0 Å². The summed E-state index contributed by atoms with van der Waals surface area (Å²) in [5.74, 6) is 0. The largest absolute Gasteiger partial charge is 0.338 e. The zero-order valence-electron chi connectivity index (χ0n) is 8.09. The molecule has 1 N–H and O–H groups in total. The number of nitrogens with zero attached hydrogens (tertiary/aromatic N) is 1. The summed E-state index contributed by atoms with van der Waals surface area (Å²) in [6.45, 7) is 0. The van der Waals surface area contributed by atoms with Crippen LogP contribution < -0.4 is 5.57 Å². The van der Waals surface area contributed by atoms with Crippen molar-refractivity contribution in [2.45, 2.75) is 0 Å². The van der Waals surface area contributed by atoms with Gasteiger partial charge in [-0.05, 0) is 45.6 Å². The highest BCUT2D eigenvalue weighted by molar-refractivity contribution is 14.2. The van der Waals surface area contributed by atoms with E-state index in [4.69, 9.17) is 0 Å². The molecule has 3 rings (SSSR count). The normalized spacial score (nSPS) is 12.1. The quantitative estimate of drug-likeness (QED) is 0.479. The maximum absolute atomic E-state index is 4.62. The summed E-state index contributed by atoms with van der Waals surface area (Å²) in [5.41, 5.74) is 3.25. The molecule has 2 nitrogen and oxygen atoms in total. The number of nitrogens with one attached hydrogen (secondary N) is 1. The highest BCUT2D eigenvalue weighted by atomic mass is 127. The minimum Gasteiger partial charge on any atom is -0.338 e. The first-order valence-corrected chi connectivity index (χ1v) is 9.63. The summed E-state index contributed by atoms with van der Waals surface area (Å²) in [4.78, 5) is 7.96. The van der Waals surface area contributed by atoms with Crippen LogP contribution in [0.4, 0.5) is 0 Å². The first-order chi connectivity index (χ1) is 7.78. The van der Waals surface area contributed by atoms with Crippen molar-refractivity contribution in [2.24, 2.45) is 0 Å². The molecule has 1 unspecified atom stereocenters. The zero-order valence-corrected chi connectivity index (χ0v) is 12.8. The topological polar surface area (TPSA) is 28.7 Å². The van der Waals surface area contributed by atoms with Crippen LogP contribution in [0.3, 0.4) is 0 Å². The Hall–Kier alpha value is -0.190. The number of aromatic nitrogens is 2. The zero-order chi connectivity index (χ0) is 11.1. The Balaban J connectivity index is 2.43. The molecule has 1 atom stereocenters. The van der Waals surface area contributed by atoms with E-state index in [1.54, 1.807) is 0 Å². The number of H-pyrrole nitrogens is 1. The molecular formula is C11H7BrIN2P. The van der Waals surface area contributed by atoms with Gasteiger partial charge in [-0.15, -0.1) is 0 Å². The van der Waals surface area contributed by atoms with Gasteiger partial charge in [0.1, 0.15) is 5.57 Å². The number of aromatic amines is 1. The number of hydrogen-bond donors (Lipinski definition) is 1.